The normalized spacial score (nSPS) is 11.2. The Morgan fingerprint density at radius 1 is 0.950 bits per heavy atom. The Morgan fingerprint density at radius 3 is 2.55 bits per heavy atom. The molecule has 3 heteroatoms. The summed E-state index contributed by atoms with van der Waals surface area (Å²) in [7, 11) is 0. The second kappa shape index (κ2) is 5.05. The molecular formula is C17H13NO2. The number of fused-ring (bicyclic) bond motifs is 1. The molecule has 3 aromatic rings. The molecular weight excluding hydrogens is 250 g/mol. The highest BCUT2D eigenvalue weighted by Gasteiger charge is 1.99. The van der Waals surface area contributed by atoms with Gasteiger partial charge in [0.05, 0.1) is 0 Å². The largest absolute Gasteiger partial charge is 0.507 e. The molecule has 3 nitrogen and oxygen atoms in total. The number of hydrogen-bond donors (Lipinski definition) is 2. The van der Waals surface area contributed by atoms with Gasteiger partial charge in [0.25, 0.3) is 0 Å². The highest BCUT2D eigenvalue weighted by molar-refractivity contribution is 5.81. The lowest BCUT2D eigenvalue weighted by Crippen LogP contribution is -2.02. The van der Waals surface area contributed by atoms with E-state index in [0.717, 1.165) is 5.52 Å². The summed E-state index contributed by atoms with van der Waals surface area (Å²) in [5, 5.41) is 10.4. The maximum Gasteiger partial charge on any atom is 0.189 e. The van der Waals surface area contributed by atoms with Crippen molar-refractivity contribution < 1.29 is 5.11 Å². The number of pyridine rings is 1. The number of para-hydroxylation sites is 2. The molecule has 0 saturated carbocycles. The second-order valence-corrected chi connectivity index (χ2v) is 4.53. The monoisotopic (exact) mass is 263 g/mol. The van der Waals surface area contributed by atoms with E-state index in [0.29, 0.717) is 16.6 Å². The van der Waals surface area contributed by atoms with Crippen LogP contribution in [0.25, 0.3) is 23.1 Å². The summed E-state index contributed by atoms with van der Waals surface area (Å²) in [4.78, 5) is 15.2. The van der Waals surface area contributed by atoms with Crippen molar-refractivity contribution in [2.45, 2.75) is 0 Å². The molecule has 1 aromatic heterocycles. The molecule has 0 saturated heterocycles. The van der Waals surface area contributed by atoms with Gasteiger partial charge in [0.1, 0.15) is 5.75 Å². The van der Waals surface area contributed by atoms with Gasteiger partial charge < -0.3 is 10.1 Å². The molecule has 0 spiro atoms. The number of aromatic amines is 1. The summed E-state index contributed by atoms with van der Waals surface area (Å²) in [6.07, 6.45) is 3.55. The van der Waals surface area contributed by atoms with Gasteiger partial charge in [0.2, 0.25) is 0 Å². The first-order chi connectivity index (χ1) is 9.74. The van der Waals surface area contributed by atoms with Crippen molar-refractivity contribution in [2.24, 2.45) is 0 Å². The van der Waals surface area contributed by atoms with Gasteiger partial charge in [-0.3, -0.25) is 4.79 Å². The summed E-state index contributed by atoms with van der Waals surface area (Å²) in [5.41, 5.74) is 2.20. The van der Waals surface area contributed by atoms with Crippen LogP contribution in [0.1, 0.15) is 11.3 Å². The van der Waals surface area contributed by atoms with E-state index in [9.17, 15) is 9.90 Å². The van der Waals surface area contributed by atoms with Gasteiger partial charge in [-0.15, -0.1) is 0 Å². The Bertz CT molecular complexity index is 847. The van der Waals surface area contributed by atoms with Crippen LogP contribution in [0.5, 0.6) is 5.75 Å². The summed E-state index contributed by atoms with van der Waals surface area (Å²) in [6, 6.07) is 16.0. The smallest absolute Gasteiger partial charge is 0.189 e. The third kappa shape index (κ3) is 2.34. The van der Waals surface area contributed by atoms with Gasteiger partial charge in [0.15, 0.2) is 5.43 Å². The van der Waals surface area contributed by atoms with E-state index in [1.807, 2.05) is 30.3 Å². The molecule has 0 aliphatic rings. The fourth-order valence-corrected chi connectivity index (χ4v) is 2.12. The maximum absolute atomic E-state index is 12.0. The van der Waals surface area contributed by atoms with E-state index >= 15 is 0 Å². The van der Waals surface area contributed by atoms with E-state index < -0.39 is 0 Å². The van der Waals surface area contributed by atoms with E-state index in [1.165, 1.54) is 0 Å². The zero-order valence-corrected chi connectivity index (χ0v) is 10.7. The van der Waals surface area contributed by atoms with Crippen molar-refractivity contribution in [2.75, 3.05) is 0 Å². The van der Waals surface area contributed by atoms with Crippen LogP contribution in [-0.2, 0) is 0 Å². The summed E-state index contributed by atoms with van der Waals surface area (Å²) >= 11 is 0. The molecule has 0 fully saturated rings. The highest BCUT2D eigenvalue weighted by Crippen LogP contribution is 2.18. The number of rotatable bonds is 2. The Labute approximate surface area is 115 Å². The predicted octanol–water partition coefficient (Wildman–Crippen LogP) is 3.40. The maximum atomic E-state index is 12.0. The Hall–Kier alpha value is -2.81. The van der Waals surface area contributed by atoms with Crippen LogP contribution in [0.4, 0.5) is 0 Å². The van der Waals surface area contributed by atoms with Gasteiger partial charge in [-0.1, -0.05) is 30.3 Å². The number of hydrogen-bond acceptors (Lipinski definition) is 2. The number of phenols is 1. The number of nitrogens with one attached hydrogen (secondary N) is 1. The zero-order valence-electron chi connectivity index (χ0n) is 10.7. The molecule has 2 aromatic carbocycles. The highest BCUT2D eigenvalue weighted by atomic mass is 16.3. The summed E-state index contributed by atoms with van der Waals surface area (Å²) in [5.74, 6) is 0.215. The summed E-state index contributed by atoms with van der Waals surface area (Å²) in [6.45, 7) is 0. The predicted molar refractivity (Wildman–Crippen MR) is 81.6 cm³/mol. The standard InChI is InChI=1S/C17H13NO2/c19-16-8-4-1-5-12(16)9-10-13-11-17(20)14-6-2-3-7-15(14)18-13/h1-11,19H,(H,18,20). The van der Waals surface area contributed by atoms with E-state index in [4.69, 9.17) is 0 Å². The van der Waals surface area contributed by atoms with E-state index in [-0.39, 0.29) is 11.2 Å². The van der Waals surface area contributed by atoms with Gasteiger partial charge in [-0.25, -0.2) is 0 Å². The first kappa shape index (κ1) is 12.2. The lowest BCUT2D eigenvalue weighted by Gasteiger charge is -2.01. The van der Waals surface area contributed by atoms with Crippen molar-refractivity contribution in [1.82, 2.24) is 4.98 Å². The summed E-state index contributed by atoms with van der Waals surface area (Å²) < 4.78 is 0. The van der Waals surface area contributed by atoms with Crippen LogP contribution in [0.2, 0.25) is 0 Å². The molecule has 98 valence electrons. The fraction of sp³-hybridized carbons (Fsp3) is 0. The molecule has 0 aliphatic carbocycles. The van der Waals surface area contributed by atoms with Gasteiger partial charge in [-0.2, -0.15) is 0 Å². The zero-order chi connectivity index (χ0) is 13.9. The van der Waals surface area contributed by atoms with Gasteiger partial charge in [0, 0.05) is 28.2 Å². The lowest BCUT2D eigenvalue weighted by atomic mass is 10.1. The molecule has 20 heavy (non-hydrogen) atoms. The minimum Gasteiger partial charge on any atom is -0.507 e. The average molecular weight is 263 g/mol. The van der Waals surface area contributed by atoms with Crippen molar-refractivity contribution in [1.29, 1.82) is 0 Å². The minimum absolute atomic E-state index is 0.0173. The average Bonchev–Trinajstić information content (AvgIpc) is 2.46. The molecule has 0 bridgehead atoms. The van der Waals surface area contributed by atoms with Crippen LogP contribution in [-0.4, -0.2) is 10.1 Å². The SMILES string of the molecule is O=c1cc(C=Cc2ccccc2O)[nH]c2ccccc12. The number of aromatic hydroxyl groups is 1. The van der Waals surface area contributed by atoms with Crippen molar-refractivity contribution in [3.8, 4) is 5.75 Å². The Morgan fingerprint density at radius 2 is 1.70 bits per heavy atom. The number of phenolic OH excluding ortho intramolecular Hbond substituents is 1. The minimum atomic E-state index is -0.0173. The number of H-pyrrole nitrogens is 1. The molecule has 2 N–H and O–H groups in total. The van der Waals surface area contributed by atoms with E-state index in [1.54, 1.807) is 36.4 Å². The number of benzene rings is 2. The van der Waals surface area contributed by atoms with Crippen LogP contribution in [0.3, 0.4) is 0 Å². The topological polar surface area (TPSA) is 53.1 Å². The lowest BCUT2D eigenvalue weighted by molar-refractivity contribution is 0.474. The van der Waals surface area contributed by atoms with Crippen molar-refractivity contribution >= 4 is 23.1 Å². The third-order valence-electron chi connectivity index (χ3n) is 3.14. The first-order valence-electron chi connectivity index (χ1n) is 6.32. The van der Waals surface area contributed by atoms with Crippen LogP contribution >= 0.6 is 0 Å². The molecule has 0 radical (unpaired) electrons. The van der Waals surface area contributed by atoms with Gasteiger partial charge in [-0.05, 0) is 30.4 Å². The number of aromatic nitrogens is 1. The third-order valence-corrected chi connectivity index (χ3v) is 3.14. The molecule has 0 unspecified atom stereocenters. The molecule has 1 heterocycles. The molecule has 0 atom stereocenters. The first-order valence-corrected chi connectivity index (χ1v) is 6.32. The molecule has 3 rings (SSSR count). The second-order valence-electron chi connectivity index (χ2n) is 4.53. The van der Waals surface area contributed by atoms with Crippen LogP contribution in [0, 0.1) is 0 Å². The quantitative estimate of drug-likeness (QED) is 0.744. The van der Waals surface area contributed by atoms with Crippen LogP contribution < -0.4 is 5.43 Å². The Kier molecular flexibility index (Phi) is 3.09. The van der Waals surface area contributed by atoms with E-state index in [2.05, 4.69) is 4.98 Å². The van der Waals surface area contributed by atoms with Crippen molar-refractivity contribution in [3.05, 3.63) is 76.1 Å². The molecule has 0 aliphatic heterocycles. The fourth-order valence-electron chi connectivity index (χ4n) is 2.12. The molecule has 0 amide bonds. The van der Waals surface area contributed by atoms with Crippen LogP contribution in [0.15, 0.2) is 59.4 Å². The van der Waals surface area contributed by atoms with Gasteiger partial charge >= 0.3 is 0 Å². The Balaban J connectivity index is 2.04. The van der Waals surface area contributed by atoms with Crippen molar-refractivity contribution in [3.63, 3.8) is 0 Å².